The van der Waals surface area contributed by atoms with Crippen LogP contribution in [0.1, 0.15) is 6.04 Å². The Bertz CT molecular complexity index is 409. The van der Waals surface area contributed by atoms with E-state index in [2.05, 4.69) is 10.00 Å². The molecule has 3 rings (SSSR count). The Morgan fingerprint density at radius 1 is 1.44 bits per heavy atom. The molecule has 0 spiro atoms. The van der Waals surface area contributed by atoms with Crippen molar-refractivity contribution in [1.29, 1.82) is 0 Å². The predicted octanol–water partition coefficient (Wildman–Crippen LogP) is 0.0468. The number of likely N-dealkylation sites (tertiary alicyclic amines) is 1. The number of nitrogens with zero attached hydrogens (tertiary/aromatic N) is 4. The Morgan fingerprint density at radius 2 is 2.19 bits per heavy atom. The number of hydrogen-bond acceptors (Lipinski definition) is 5. The number of ether oxygens (including phenoxy) is 1. The van der Waals surface area contributed by atoms with E-state index in [1.807, 2.05) is 0 Å². The van der Waals surface area contributed by atoms with Gasteiger partial charge >= 0.3 is 5.69 Å². The summed E-state index contributed by atoms with van der Waals surface area (Å²) in [4.78, 5) is 12.4. The van der Waals surface area contributed by atoms with E-state index in [4.69, 9.17) is 4.74 Å². The molecule has 0 radical (unpaired) electrons. The molecule has 2 aliphatic heterocycles. The Balaban J connectivity index is 1.60. The average Bonchev–Trinajstić information content (AvgIpc) is 2.55. The van der Waals surface area contributed by atoms with Crippen LogP contribution < -0.4 is 0 Å². The minimum Gasteiger partial charge on any atom is -0.378 e. The second kappa shape index (κ2) is 3.53. The average molecular weight is 224 g/mol. The highest BCUT2D eigenvalue weighted by Crippen LogP contribution is 2.26. The van der Waals surface area contributed by atoms with E-state index < -0.39 is 4.92 Å². The van der Waals surface area contributed by atoms with Gasteiger partial charge in [0.15, 0.2) is 0 Å². The van der Waals surface area contributed by atoms with Gasteiger partial charge in [-0.15, -0.1) is 0 Å². The molecule has 0 aliphatic carbocycles. The summed E-state index contributed by atoms with van der Waals surface area (Å²) in [5.41, 5.74) is 0.0606. The van der Waals surface area contributed by atoms with E-state index in [0.717, 1.165) is 26.3 Å². The fourth-order valence-corrected chi connectivity index (χ4v) is 2.01. The van der Waals surface area contributed by atoms with Crippen LogP contribution in [0, 0.1) is 10.1 Å². The van der Waals surface area contributed by atoms with Gasteiger partial charge in [-0.1, -0.05) is 0 Å². The van der Waals surface area contributed by atoms with Crippen molar-refractivity contribution < 1.29 is 9.66 Å². The van der Waals surface area contributed by atoms with E-state index in [9.17, 15) is 10.1 Å². The quantitative estimate of drug-likeness (QED) is 0.535. The summed E-state index contributed by atoms with van der Waals surface area (Å²) < 4.78 is 6.80. The molecule has 3 heterocycles. The lowest BCUT2D eigenvalue weighted by atomic mass is 10.0. The molecule has 7 nitrogen and oxygen atoms in total. The highest BCUT2D eigenvalue weighted by atomic mass is 16.6. The van der Waals surface area contributed by atoms with Gasteiger partial charge in [0.25, 0.3) is 0 Å². The molecule has 2 fully saturated rings. The second-order valence-electron chi connectivity index (χ2n) is 4.23. The van der Waals surface area contributed by atoms with Crippen molar-refractivity contribution in [1.82, 2.24) is 14.7 Å². The molecule has 16 heavy (non-hydrogen) atoms. The molecule has 86 valence electrons. The maximum absolute atomic E-state index is 10.5. The van der Waals surface area contributed by atoms with Gasteiger partial charge < -0.3 is 4.74 Å². The van der Waals surface area contributed by atoms with Crippen LogP contribution in [0.2, 0.25) is 0 Å². The van der Waals surface area contributed by atoms with Gasteiger partial charge in [0.05, 0.1) is 30.2 Å². The van der Waals surface area contributed by atoms with Crippen molar-refractivity contribution >= 4 is 5.69 Å². The summed E-state index contributed by atoms with van der Waals surface area (Å²) in [6.45, 7) is 3.44. The zero-order valence-corrected chi connectivity index (χ0v) is 8.65. The molecule has 0 aromatic carbocycles. The van der Waals surface area contributed by atoms with Crippen LogP contribution in [0.4, 0.5) is 5.69 Å². The molecular formula is C9H12N4O3. The monoisotopic (exact) mass is 224 g/mol. The van der Waals surface area contributed by atoms with Gasteiger partial charge in [-0.2, -0.15) is 5.10 Å². The van der Waals surface area contributed by atoms with E-state index in [1.165, 1.54) is 12.4 Å². The van der Waals surface area contributed by atoms with Gasteiger partial charge in [-0.25, -0.2) is 0 Å². The summed E-state index contributed by atoms with van der Waals surface area (Å²) >= 11 is 0. The third kappa shape index (κ3) is 1.48. The zero-order chi connectivity index (χ0) is 11.1. The fraction of sp³-hybridized carbons (Fsp3) is 0.667. The fourth-order valence-electron chi connectivity index (χ4n) is 2.01. The predicted molar refractivity (Wildman–Crippen MR) is 54.1 cm³/mol. The van der Waals surface area contributed by atoms with Crippen LogP contribution in [0.25, 0.3) is 0 Å². The summed E-state index contributed by atoms with van der Waals surface area (Å²) in [5, 5.41) is 14.5. The molecular weight excluding hydrogens is 212 g/mol. The number of aromatic nitrogens is 2. The first-order valence-corrected chi connectivity index (χ1v) is 5.24. The first-order valence-electron chi connectivity index (χ1n) is 5.24. The molecule has 7 heteroatoms. The van der Waals surface area contributed by atoms with Gasteiger partial charge in [0, 0.05) is 13.1 Å². The maximum Gasteiger partial charge on any atom is 0.307 e. The van der Waals surface area contributed by atoms with Crippen molar-refractivity contribution in [3.8, 4) is 0 Å². The SMILES string of the molecule is O=[N+]([O-])c1cnn(C2CN(C3COC3)C2)c1. The molecule has 0 saturated carbocycles. The molecule has 2 aliphatic rings. The van der Waals surface area contributed by atoms with Crippen LogP contribution >= 0.6 is 0 Å². The lowest BCUT2D eigenvalue weighted by molar-refractivity contribution is -0.385. The largest absolute Gasteiger partial charge is 0.378 e. The van der Waals surface area contributed by atoms with Crippen molar-refractivity contribution in [2.45, 2.75) is 12.1 Å². The lowest BCUT2D eigenvalue weighted by Crippen LogP contribution is -2.59. The Labute approximate surface area is 91.7 Å². The molecule has 0 N–H and O–H groups in total. The smallest absolute Gasteiger partial charge is 0.307 e. The van der Waals surface area contributed by atoms with Gasteiger partial charge in [0.2, 0.25) is 0 Å². The molecule has 0 bridgehead atoms. The van der Waals surface area contributed by atoms with Gasteiger partial charge in [-0.3, -0.25) is 19.7 Å². The number of hydrogen-bond donors (Lipinski definition) is 0. The van der Waals surface area contributed by atoms with E-state index in [-0.39, 0.29) is 11.7 Å². The minimum absolute atomic E-state index is 0.0606. The zero-order valence-electron chi connectivity index (χ0n) is 8.65. The Morgan fingerprint density at radius 3 is 2.69 bits per heavy atom. The van der Waals surface area contributed by atoms with Crippen molar-refractivity contribution in [3.05, 3.63) is 22.5 Å². The van der Waals surface area contributed by atoms with Crippen LogP contribution in [-0.2, 0) is 4.74 Å². The molecule has 0 atom stereocenters. The number of nitro groups is 1. The first-order chi connectivity index (χ1) is 7.74. The van der Waals surface area contributed by atoms with E-state index in [0.29, 0.717) is 6.04 Å². The lowest BCUT2D eigenvalue weighted by Gasteiger charge is -2.47. The molecule has 2 saturated heterocycles. The van der Waals surface area contributed by atoms with Crippen LogP contribution in [-0.4, -0.2) is 51.9 Å². The minimum atomic E-state index is -0.417. The third-order valence-corrected chi connectivity index (χ3v) is 3.20. The Hall–Kier alpha value is -1.47. The van der Waals surface area contributed by atoms with Gasteiger partial charge in [-0.05, 0) is 0 Å². The third-order valence-electron chi connectivity index (χ3n) is 3.20. The standard InChI is InChI=1S/C9H12N4O3/c14-13(15)7-1-10-12(4-7)8-2-11(3-8)9-5-16-6-9/h1,4,8-9H,2-3,5-6H2. The summed E-state index contributed by atoms with van der Waals surface area (Å²) in [6.07, 6.45) is 2.80. The van der Waals surface area contributed by atoms with Crippen LogP contribution in [0.15, 0.2) is 12.4 Å². The maximum atomic E-state index is 10.5. The van der Waals surface area contributed by atoms with E-state index >= 15 is 0 Å². The molecule has 0 unspecified atom stereocenters. The Kier molecular flexibility index (Phi) is 2.15. The van der Waals surface area contributed by atoms with Crippen molar-refractivity contribution in [3.63, 3.8) is 0 Å². The summed E-state index contributed by atoms with van der Waals surface area (Å²) in [5.74, 6) is 0. The molecule has 0 amide bonds. The molecule has 1 aromatic rings. The normalized spacial score (nSPS) is 22.8. The van der Waals surface area contributed by atoms with Crippen LogP contribution in [0.3, 0.4) is 0 Å². The summed E-state index contributed by atoms with van der Waals surface area (Å²) in [7, 11) is 0. The van der Waals surface area contributed by atoms with Crippen LogP contribution in [0.5, 0.6) is 0 Å². The molecule has 1 aromatic heterocycles. The summed E-state index contributed by atoms with van der Waals surface area (Å²) in [6, 6.07) is 0.816. The van der Waals surface area contributed by atoms with Crippen molar-refractivity contribution in [2.24, 2.45) is 0 Å². The van der Waals surface area contributed by atoms with Crippen molar-refractivity contribution in [2.75, 3.05) is 26.3 Å². The topological polar surface area (TPSA) is 73.4 Å². The van der Waals surface area contributed by atoms with E-state index in [1.54, 1.807) is 4.68 Å². The second-order valence-corrected chi connectivity index (χ2v) is 4.23. The highest BCUT2D eigenvalue weighted by Gasteiger charge is 2.37. The van der Waals surface area contributed by atoms with Gasteiger partial charge in [0.1, 0.15) is 12.4 Å². The highest BCUT2D eigenvalue weighted by molar-refractivity contribution is 5.21. The first kappa shape index (κ1) is 9.73. The number of rotatable bonds is 3.